The van der Waals surface area contributed by atoms with Crippen molar-refractivity contribution in [1.82, 2.24) is 5.48 Å². The van der Waals surface area contributed by atoms with E-state index in [1.165, 1.54) is 0 Å². The van der Waals surface area contributed by atoms with Crippen LogP contribution in [0.25, 0.3) is 0 Å². The summed E-state index contributed by atoms with van der Waals surface area (Å²) in [7, 11) is 4.07. The van der Waals surface area contributed by atoms with E-state index in [-0.39, 0.29) is 0 Å². The zero-order valence-corrected chi connectivity index (χ0v) is 9.75. The van der Waals surface area contributed by atoms with Crippen molar-refractivity contribution in [1.29, 1.82) is 0 Å². The number of hydrogen-bond acceptors (Lipinski definition) is 5. The fourth-order valence-corrected chi connectivity index (χ4v) is 2.76. The number of nitrogens with one attached hydrogen (secondary N) is 1. The first-order valence-electron chi connectivity index (χ1n) is 4.16. The lowest BCUT2D eigenvalue weighted by molar-refractivity contribution is 0.0878. The molecule has 0 aliphatic heterocycles. The SMILES string of the molecule is CONCCC[Si](OC)(OC)OC. The predicted octanol–water partition coefficient (Wildman–Crippen LogP) is 0.406. The van der Waals surface area contributed by atoms with Crippen LogP contribution in [0.1, 0.15) is 6.42 Å². The lowest BCUT2D eigenvalue weighted by atomic mass is 10.5. The Hall–Kier alpha value is 0.0169. The third-order valence-electron chi connectivity index (χ3n) is 1.84. The maximum absolute atomic E-state index is 5.24. The monoisotopic (exact) mass is 209 g/mol. The van der Waals surface area contributed by atoms with Gasteiger partial charge in [-0.15, -0.1) is 0 Å². The second-order valence-electron chi connectivity index (χ2n) is 2.50. The van der Waals surface area contributed by atoms with Crippen molar-refractivity contribution in [2.45, 2.75) is 12.5 Å². The van der Waals surface area contributed by atoms with Gasteiger partial charge in [-0.2, -0.15) is 0 Å². The highest BCUT2D eigenvalue weighted by molar-refractivity contribution is 6.60. The Bertz CT molecular complexity index is 113. The Morgan fingerprint density at radius 3 is 1.92 bits per heavy atom. The molecule has 0 saturated carbocycles. The van der Waals surface area contributed by atoms with Crippen LogP contribution in [0.15, 0.2) is 0 Å². The van der Waals surface area contributed by atoms with Gasteiger partial charge in [-0.3, -0.25) is 0 Å². The van der Waals surface area contributed by atoms with Crippen molar-refractivity contribution >= 4 is 8.80 Å². The van der Waals surface area contributed by atoms with Crippen LogP contribution in [0, 0.1) is 0 Å². The molecule has 0 bridgehead atoms. The maximum Gasteiger partial charge on any atom is 0.500 e. The second-order valence-corrected chi connectivity index (χ2v) is 5.59. The summed E-state index contributed by atoms with van der Waals surface area (Å²) in [6, 6.07) is 0.785. The standard InChI is InChI=1S/C7H19NO4Si/c1-9-8-6-5-7-13(10-2,11-3)12-4/h8H,5-7H2,1-4H3. The summed E-state index contributed by atoms with van der Waals surface area (Å²) in [6.45, 7) is 0.765. The smallest absolute Gasteiger partial charge is 0.377 e. The molecule has 0 aromatic heterocycles. The second kappa shape index (κ2) is 7.42. The fourth-order valence-electron chi connectivity index (χ4n) is 1.04. The summed E-state index contributed by atoms with van der Waals surface area (Å²) < 4.78 is 15.7. The largest absolute Gasteiger partial charge is 0.500 e. The van der Waals surface area contributed by atoms with E-state index in [1.54, 1.807) is 28.4 Å². The summed E-state index contributed by atoms with van der Waals surface area (Å²) in [5.41, 5.74) is 2.75. The van der Waals surface area contributed by atoms with E-state index >= 15 is 0 Å². The molecule has 0 amide bonds. The quantitative estimate of drug-likeness (QED) is 0.356. The Morgan fingerprint density at radius 2 is 1.54 bits per heavy atom. The van der Waals surface area contributed by atoms with E-state index in [0.29, 0.717) is 0 Å². The van der Waals surface area contributed by atoms with E-state index in [4.69, 9.17) is 18.1 Å². The van der Waals surface area contributed by atoms with Crippen LogP contribution in [0.5, 0.6) is 0 Å². The van der Waals surface area contributed by atoms with Gasteiger partial charge >= 0.3 is 8.80 Å². The van der Waals surface area contributed by atoms with E-state index < -0.39 is 8.80 Å². The van der Waals surface area contributed by atoms with Gasteiger partial charge in [0.05, 0.1) is 7.11 Å². The highest BCUT2D eigenvalue weighted by Gasteiger charge is 2.36. The molecule has 0 aliphatic carbocycles. The van der Waals surface area contributed by atoms with Gasteiger partial charge < -0.3 is 18.1 Å². The molecule has 6 heteroatoms. The van der Waals surface area contributed by atoms with Crippen molar-refractivity contribution in [3.05, 3.63) is 0 Å². The molecule has 0 atom stereocenters. The molecule has 13 heavy (non-hydrogen) atoms. The van der Waals surface area contributed by atoms with Crippen LogP contribution < -0.4 is 5.48 Å². The highest BCUT2D eigenvalue weighted by atomic mass is 28.4. The molecule has 0 aliphatic rings. The van der Waals surface area contributed by atoms with Gasteiger partial charge in [-0.05, 0) is 6.42 Å². The molecule has 1 N–H and O–H groups in total. The van der Waals surface area contributed by atoms with Crippen LogP contribution in [0.2, 0.25) is 6.04 Å². The van der Waals surface area contributed by atoms with Gasteiger partial charge in [0.1, 0.15) is 0 Å². The van der Waals surface area contributed by atoms with Crippen molar-refractivity contribution in [2.75, 3.05) is 35.0 Å². The minimum atomic E-state index is -2.36. The molecule has 0 heterocycles. The molecular formula is C7H19NO4Si. The first-order valence-corrected chi connectivity index (χ1v) is 6.09. The summed E-state index contributed by atoms with van der Waals surface area (Å²) in [6.07, 6.45) is 0.898. The number of rotatable bonds is 8. The van der Waals surface area contributed by atoms with Gasteiger partial charge in [0.25, 0.3) is 0 Å². The van der Waals surface area contributed by atoms with Crippen molar-refractivity contribution in [3.8, 4) is 0 Å². The molecule has 0 radical (unpaired) electrons. The zero-order valence-electron chi connectivity index (χ0n) is 8.75. The molecule has 0 fully saturated rings. The van der Waals surface area contributed by atoms with E-state index in [0.717, 1.165) is 19.0 Å². The van der Waals surface area contributed by atoms with E-state index in [9.17, 15) is 0 Å². The van der Waals surface area contributed by atoms with Crippen molar-refractivity contribution < 1.29 is 18.1 Å². The van der Waals surface area contributed by atoms with Crippen LogP contribution in [0.4, 0.5) is 0 Å². The molecular weight excluding hydrogens is 190 g/mol. The van der Waals surface area contributed by atoms with Crippen LogP contribution >= 0.6 is 0 Å². The topological polar surface area (TPSA) is 49.0 Å². The Morgan fingerprint density at radius 1 is 1.00 bits per heavy atom. The first-order chi connectivity index (χ1) is 6.24. The summed E-state index contributed by atoms with van der Waals surface area (Å²) in [5.74, 6) is 0. The lowest BCUT2D eigenvalue weighted by Crippen LogP contribution is -2.43. The third-order valence-corrected chi connectivity index (χ3v) is 4.67. The summed E-state index contributed by atoms with van der Waals surface area (Å²) in [5, 5.41) is 0. The van der Waals surface area contributed by atoms with Crippen LogP contribution in [-0.4, -0.2) is 43.8 Å². The van der Waals surface area contributed by atoms with Crippen LogP contribution in [0.3, 0.4) is 0 Å². The molecule has 0 rings (SSSR count). The van der Waals surface area contributed by atoms with Gasteiger partial charge in [0.2, 0.25) is 0 Å². The van der Waals surface area contributed by atoms with Gasteiger partial charge in [0.15, 0.2) is 0 Å². The normalized spacial score (nSPS) is 12.0. The summed E-state index contributed by atoms with van der Waals surface area (Å²) in [4.78, 5) is 4.70. The molecule has 0 spiro atoms. The highest BCUT2D eigenvalue weighted by Crippen LogP contribution is 2.13. The van der Waals surface area contributed by atoms with E-state index in [1.807, 2.05) is 0 Å². The number of hydrogen-bond donors (Lipinski definition) is 1. The fraction of sp³-hybridized carbons (Fsp3) is 1.00. The third kappa shape index (κ3) is 4.70. The first kappa shape index (κ1) is 13.0. The molecule has 0 unspecified atom stereocenters. The predicted molar refractivity (Wildman–Crippen MR) is 51.2 cm³/mol. The Kier molecular flexibility index (Phi) is 7.43. The zero-order chi connectivity index (χ0) is 10.2. The average Bonchev–Trinajstić information content (AvgIpc) is 2.20. The maximum atomic E-state index is 5.24. The molecule has 0 aromatic carbocycles. The van der Waals surface area contributed by atoms with Crippen molar-refractivity contribution in [3.63, 3.8) is 0 Å². The Balaban J connectivity index is 3.68. The molecule has 80 valence electrons. The summed E-state index contributed by atoms with van der Waals surface area (Å²) >= 11 is 0. The van der Waals surface area contributed by atoms with E-state index in [2.05, 4.69) is 5.48 Å². The van der Waals surface area contributed by atoms with Crippen LogP contribution in [-0.2, 0) is 18.1 Å². The Labute approximate surface area is 80.6 Å². The molecule has 0 saturated heterocycles. The molecule has 5 nitrogen and oxygen atoms in total. The molecule has 0 aromatic rings. The lowest BCUT2D eigenvalue weighted by Gasteiger charge is -2.24. The minimum Gasteiger partial charge on any atom is -0.377 e. The van der Waals surface area contributed by atoms with Gasteiger partial charge in [-0.25, -0.2) is 5.48 Å². The average molecular weight is 209 g/mol. The minimum absolute atomic E-state index is 0.765. The number of hydroxylamine groups is 1. The van der Waals surface area contributed by atoms with Gasteiger partial charge in [0, 0.05) is 33.9 Å². The van der Waals surface area contributed by atoms with Gasteiger partial charge in [-0.1, -0.05) is 0 Å². The van der Waals surface area contributed by atoms with Crippen molar-refractivity contribution in [2.24, 2.45) is 0 Å².